The van der Waals surface area contributed by atoms with Crippen molar-refractivity contribution in [1.29, 1.82) is 0 Å². The average molecular weight is 413 g/mol. The molecule has 0 unspecified atom stereocenters. The largest absolute Gasteiger partial charge is 0.493 e. The van der Waals surface area contributed by atoms with Crippen LogP contribution in [-0.2, 0) is 6.42 Å². The Kier molecular flexibility index (Phi) is 6.99. The van der Waals surface area contributed by atoms with Crippen molar-refractivity contribution in [2.75, 3.05) is 13.7 Å². The van der Waals surface area contributed by atoms with Crippen LogP contribution >= 0.6 is 28.1 Å². The van der Waals surface area contributed by atoms with Crippen molar-refractivity contribution in [3.05, 3.63) is 32.8 Å². The standard InChI is InChI=1S/C16H21BrN4O2S/c1-4-6-7-14-19-20-16(24)21(14)18-10-11-8-12(17)15(23-5-2)13(9-11)22-3/h8-10H,4-7H2,1-3H3,(H,20,24)/b18-10-. The van der Waals surface area contributed by atoms with Crippen LogP contribution in [-0.4, -0.2) is 34.8 Å². The summed E-state index contributed by atoms with van der Waals surface area (Å²) in [4.78, 5) is 0. The van der Waals surface area contributed by atoms with Crippen molar-refractivity contribution in [2.24, 2.45) is 5.10 Å². The molecule has 2 rings (SSSR count). The summed E-state index contributed by atoms with van der Waals surface area (Å²) < 4.78 is 13.9. The lowest BCUT2D eigenvalue weighted by atomic mass is 10.2. The van der Waals surface area contributed by atoms with E-state index >= 15 is 0 Å². The number of aromatic nitrogens is 3. The van der Waals surface area contributed by atoms with Crippen LogP contribution in [0.2, 0.25) is 0 Å². The first-order valence-electron chi connectivity index (χ1n) is 7.81. The van der Waals surface area contributed by atoms with Crippen LogP contribution in [0.4, 0.5) is 0 Å². The van der Waals surface area contributed by atoms with Gasteiger partial charge in [-0.2, -0.15) is 14.9 Å². The van der Waals surface area contributed by atoms with Crippen LogP contribution in [0.25, 0.3) is 0 Å². The molecular formula is C16H21BrN4O2S. The molecule has 1 N–H and O–H groups in total. The Balaban J connectivity index is 2.31. The summed E-state index contributed by atoms with van der Waals surface area (Å²) in [5, 5.41) is 11.5. The predicted octanol–water partition coefficient (Wildman–Crippen LogP) is 4.34. The van der Waals surface area contributed by atoms with Crippen LogP contribution in [0.1, 0.15) is 38.1 Å². The predicted molar refractivity (Wildman–Crippen MR) is 101 cm³/mol. The van der Waals surface area contributed by atoms with E-state index in [0.29, 0.717) is 22.9 Å². The molecule has 24 heavy (non-hydrogen) atoms. The normalized spacial score (nSPS) is 11.2. The molecule has 6 nitrogen and oxygen atoms in total. The van der Waals surface area contributed by atoms with Gasteiger partial charge < -0.3 is 9.47 Å². The number of methoxy groups -OCH3 is 1. The van der Waals surface area contributed by atoms with E-state index in [1.807, 2.05) is 19.1 Å². The summed E-state index contributed by atoms with van der Waals surface area (Å²) in [6.07, 6.45) is 4.69. The van der Waals surface area contributed by atoms with Crippen LogP contribution in [0, 0.1) is 4.77 Å². The van der Waals surface area contributed by atoms with Crippen molar-refractivity contribution in [1.82, 2.24) is 14.9 Å². The third-order valence-electron chi connectivity index (χ3n) is 3.33. The highest BCUT2D eigenvalue weighted by molar-refractivity contribution is 9.10. The van der Waals surface area contributed by atoms with E-state index in [2.05, 4.69) is 38.2 Å². The molecule has 0 bridgehead atoms. The average Bonchev–Trinajstić information content (AvgIpc) is 2.93. The molecule has 2 aromatic rings. The van der Waals surface area contributed by atoms with Crippen molar-refractivity contribution in [3.63, 3.8) is 0 Å². The molecule has 0 radical (unpaired) electrons. The first-order chi connectivity index (χ1) is 11.6. The smallest absolute Gasteiger partial charge is 0.216 e. The summed E-state index contributed by atoms with van der Waals surface area (Å²) in [5.74, 6) is 2.16. The lowest BCUT2D eigenvalue weighted by molar-refractivity contribution is 0.309. The van der Waals surface area contributed by atoms with Gasteiger partial charge in [0.2, 0.25) is 4.77 Å². The number of unbranched alkanes of at least 4 members (excludes halogenated alkanes) is 1. The third kappa shape index (κ3) is 4.45. The second-order valence-electron chi connectivity index (χ2n) is 5.07. The van der Waals surface area contributed by atoms with Gasteiger partial charge in [-0.15, -0.1) is 0 Å². The molecule has 0 fully saturated rings. The van der Waals surface area contributed by atoms with E-state index in [1.165, 1.54) is 0 Å². The Labute approximate surface area is 155 Å². The molecule has 8 heteroatoms. The van der Waals surface area contributed by atoms with Gasteiger partial charge in [0.25, 0.3) is 0 Å². The van der Waals surface area contributed by atoms with Gasteiger partial charge in [0.05, 0.1) is 24.4 Å². The maximum atomic E-state index is 5.59. The number of ether oxygens (including phenoxy) is 2. The maximum Gasteiger partial charge on any atom is 0.216 e. The van der Waals surface area contributed by atoms with Crippen molar-refractivity contribution < 1.29 is 9.47 Å². The molecule has 0 aliphatic heterocycles. The molecule has 0 saturated heterocycles. The summed E-state index contributed by atoms with van der Waals surface area (Å²) in [5.41, 5.74) is 0.867. The molecule has 1 aromatic carbocycles. The highest BCUT2D eigenvalue weighted by Crippen LogP contribution is 2.36. The summed E-state index contributed by atoms with van der Waals surface area (Å²) in [6, 6.07) is 3.79. The van der Waals surface area contributed by atoms with Gasteiger partial charge in [0.15, 0.2) is 17.3 Å². The zero-order valence-electron chi connectivity index (χ0n) is 14.0. The lowest BCUT2D eigenvalue weighted by Crippen LogP contribution is -2.00. The second-order valence-corrected chi connectivity index (χ2v) is 6.31. The zero-order chi connectivity index (χ0) is 17.5. The molecule has 0 saturated carbocycles. The number of nitrogens with zero attached hydrogens (tertiary/aromatic N) is 3. The van der Waals surface area contributed by atoms with Crippen molar-refractivity contribution >= 4 is 34.4 Å². The monoisotopic (exact) mass is 412 g/mol. The molecular weight excluding hydrogens is 392 g/mol. The SMILES string of the molecule is CCCCc1n[nH]c(=S)n1/N=C\c1cc(Br)c(OCC)c(OC)c1. The van der Waals surface area contributed by atoms with Crippen LogP contribution in [0.5, 0.6) is 11.5 Å². The van der Waals surface area contributed by atoms with E-state index in [1.54, 1.807) is 18.0 Å². The zero-order valence-corrected chi connectivity index (χ0v) is 16.4. The fourth-order valence-corrected chi connectivity index (χ4v) is 2.94. The van der Waals surface area contributed by atoms with Crippen LogP contribution in [0.3, 0.4) is 0 Å². The number of hydrogen-bond donors (Lipinski definition) is 1. The van der Waals surface area contributed by atoms with Gasteiger partial charge in [0, 0.05) is 6.42 Å². The fraction of sp³-hybridized carbons (Fsp3) is 0.438. The minimum absolute atomic E-state index is 0.481. The third-order valence-corrected chi connectivity index (χ3v) is 4.19. The van der Waals surface area contributed by atoms with Gasteiger partial charge >= 0.3 is 0 Å². The van der Waals surface area contributed by atoms with E-state index < -0.39 is 0 Å². The molecule has 130 valence electrons. The number of aryl methyl sites for hydroxylation is 1. The van der Waals surface area contributed by atoms with E-state index in [-0.39, 0.29) is 0 Å². The molecule has 0 aliphatic rings. The molecule has 0 amide bonds. The van der Waals surface area contributed by atoms with Gasteiger partial charge in [-0.05, 0) is 59.2 Å². The van der Waals surface area contributed by atoms with Crippen molar-refractivity contribution in [3.8, 4) is 11.5 Å². The van der Waals surface area contributed by atoms with Gasteiger partial charge in [0.1, 0.15) is 0 Å². The highest BCUT2D eigenvalue weighted by atomic mass is 79.9. The van der Waals surface area contributed by atoms with Crippen molar-refractivity contribution in [2.45, 2.75) is 33.1 Å². The minimum Gasteiger partial charge on any atom is -0.493 e. The second kappa shape index (κ2) is 8.98. The molecule has 0 aliphatic carbocycles. The Hall–Kier alpha value is -1.67. The molecule has 1 heterocycles. The summed E-state index contributed by atoms with van der Waals surface area (Å²) in [6.45, 7) is 4.63. The van der Waals surface area contributed by atoms with Gasteiger partial charge in [-0.1, -0.05) is 13.3 Å². The highest BCUT2D eigenvalue weighted by Gasteiger charge is 2.11. The number of aromatic amines is 1. The lowest BCUT2D eigenvalue weighted by Gasteiger charge is -2.12. The van der Waals surface area contributed by atoms with Crippen LogP contribution in [0.15, 0.2) is 21.7 Å². The molecule has 0 spiro atoms. The van der Waals surface area contributed by atoms with Crippen LogP contribution < -0.4 is 9.47 Å². The van der Waals surface area contributed by atoms with Gasteiger partial charge in [-0.3, -0.25) is 5.10 Å². The topological polar surface area (TPSA) is 64.4 Å². The molecule has 0 atom stereocenters. The summed E-state index contributed by atoms with van der Waals surface area (Å²) >= 11 is 8.75. The quantitative estimate of drug-likeness (QED) is 0.517. The number of benzene rings is 1. The number of nitrogens with one attached hydrogen (secondary N) is 1. The van der Waals surface area contributed by atoms with E-state index in [4.69, 9.17) is 21.7 Å². The van der Waals surface area contributed by atoms with E-state index in [0.717, 1.165) is 35.1 Å². The Morgan fingerprint density at radius 3 is 2.88 bits per heavy atom. The Bertz CT molecular complexity index is 770. The minimum atomic E-state index is 0.481. The number of hydrogen-bond acceptors (Lipinski definition) is 5. The molecule has 1 aromatic heterocycles. The Morgan fingerprint density at radius 1 is 1.42 bits per heavy atom. The first kappa shape index (κ1) is 18.7. The fourth-order valence-electron chi connectivity index (χ4n) is 2.16. The van der Waals surface area contributed by atoms with E-state index in [9.17, 15) is 0 Å². The van der Waals surface area contributed by atoms with Gasteiger partial charge in [-0.25, -0.2) is 0 Å². The summed E-state index contributed by atoms with van der Waals surface area (Å²) in [7, 11) is 1.61. The number of halogens is 1. The Morgan fingerprint density at radius 2 is 2.21 bits per heavy atom. The maximum absolute atomic E-state index is 5.59. The first-order valence-corrected chi connectivity index (χ1v) is 9.01. The number of H-pyrrole nitrogens is 1. The number of rotatable bonds is 8.